The molecule has 0 saturated heterocycles. The van der Waals surface area contributed by atoms with Gasteiger partial charge in [0.2, 0.25) is 0 Å². The molecule has 0 aliphatic carbocycles. The molecule has 8 heteroatoms. The smallest absolute Gasteiger partial charge is 0.348 e. The normalized spacial score (nSPS) is 16.0. The Labute approximate surface area is 176 Å². The van der Waals surface area contributed by atoms with Crippen molar-refractivity contribution in [3.05, 3.63) is 87.4 Å². The van der Waals surface area contributed by atoms with Crippen LogP contribution in [0.25, 0.3) is 0 Å². The summed E-state index contributed by atoms with van der Waals surface area (Å²) in [5.41, 5.74) is 7.87. The number of thiophene rings is 1. The summed E-state index contributed by atoms with van der Waals surface area (Å²) in [4.78, 5) is 31.9. The van der Waals surface area contributed by atoms with E-state index < -0.39 is 23.9 Å². The highest BCUT2D eigenvalue weighted by Crippen LogP contribution is 2.31. The lowest BCUT2D eigenvalue weighted by Gasteiger charge is -2.23. The number of benzodiazepines with no additional fused rings is 1. The summed E-state index contributed by atoms with van der Waals surface area (Å²) in [6, 6.07) is 16.8. The van der Waals surface area contributed by atoms with Crippen LogP contribution >= 0.6 is 11.3 Å². The second kappa shape index (κ2) is 8.17. The molecule has 1 amide bonds. The molecule has 0 unspecified atom stereocenters. The maximum atomic E-state index is 14.5. The predicted molar refractivity (Wildman–Crippen MR) is 113 cm³/mol. The van der Waals surface area contributed by atoms with E-state index in [-0.39, 0.29) is 12.1 Å². The second-order valence-corrected chi connectivity index (χ2v) is 7.77. The fourth-order valence-electron chi connectivity index (χ4n) is 3.31. The van der Waals surface area contributed by atoms with Gasteiger partial charge in [-0.15, -0.1) is 11.3 Å². The van der Waals surface area contributed by atoms with Crippen LogP contribution in [0, 0.1) is 5.82 Å². The zero-order valence-corrected chi connectivity index (χ0v) is 16.9. The minimum Gasteiger partial charge on any atom is -0.465 e. The quantitative estimate of drug-likeness (QED) is 0.653. The van der Waals surface area contributed by atoms with Crippen molar-refractivity contribution in [1.82, 2.24) is 0 Å². The van der Waals surface area contributed by atoms with E-state index in [2.05, 4.69) is 4.99 Å². The summed E-state index contributed by atoms with van der Waals surface area (Å²) < 4.78 is 19.3. The van der Waals surface area contributed by atoms with Gasteiger partial charge in [0, 0.05) is 16.0 Å². The molecule has 4 rings (SSSR count). The number of ether oxygens (including phenoxy) is 1. The van der Waals surface area contributed by atoms with Gasteiger partial charge in [-0.25, -0.2) is 9.18 Å². The molecule has 2 aromatic carbocycles. The Morgan fingerprint density at radius 1 is 1.13 bits per heavy atom. The maximum Gasteiger partial charge on any atom is 0.348 e. The number of hydrogen-bond acceptors (Lipinski definition) is 6. The Morgan fingerprint density at radius 2 is 1.83 bits per heavy atom. The van der Waals surface area contributed by atoms with E-state index in [0.717, 1.165) is 4.88 Å². The highest BCUT2D eigenvalue weighted by molar-refractivity contribution is 7.13. The van der Waals surface area contributed by atoms with Crippen LogP contribution in [0.5, 0.6) is 0 Å². The first-order valence-electron chi connectivity index (χ1n) is 9.15. The highest BCUT2D eigenvalue weighted by Gasteiger charge is 2.31. The summed E-state index contributed by atoms with van der Waals surface area (Å²) in [7, 11) is 1.32. The third-order valence-electron chi connectivity index (χ3n) is 4.73. The van der Waals surface area contributed by atoms with Crippen LogP contribution in [0.4, 0.5) is 10.1 Å². The molecule has 30 heavy (non-hydrogen) atoms. The van der Waals surface area contributed by atoms with Crippen molar-refractivity contribution in [3.63, 3.8) is 0 Å². The Hall–Kier alpha value is -3.36. The Bertz CT molecular complexity index is 1160. The molecular formula is C22H18FN3O3S. The summed E-state index contributed by atoms with van der Waals surface area (Å²) in [5.74, 6) is -1.29. The fourth-order valence-corrected chi connectivity index (χ4v) is 4.23. The van der Waals surface area contributed by atoms with Gasteiger partial charge < -0.3 is 15.4 Å². The van der Waals surface area contributed by atoms with E-state index in [9.17, 15) is 14.0 Å². The molecule has 3 aromatic rings. The SMILES string of the molecule is COC(=O)c1ccc(CN2C(=O)[C@@H](N)N=C(c3ccccc3F)c3ccccc32)s1. The zero-order chi connectivity index (χ0) is 21.3. The monoisotopic (exact) mass is 423 g/mol. The van der Waals surface area contributed by atoms with Gasteiger partial charge in [0.1, 0.15) is 10.7 Å². The third-order valence-corrected chi connectivity index (χ3v) is 5.78. The first-order valence-corrected chi connectivity index (χ1v) is 9.97. The van der Waals surface area contributed by atoms with Gasteiger partial charge in [0.25, 0.3) is 5.91 Å². The number of hydrogen-bond donors (Lipinski definition) is 1. The number of carbonyl (C=O) groups excluding carboxylic acids is 2. The van der Waals surface area contributed by atoms with Crippen LogP contribution in [0.1, 0.15) is 25.7 Å². The number of aliphatic imine (C=N–C) groups is 1. The van der Waals surface area contributed by atoms with Gasteiger partial charge in [-0.2, -0.15) is 0 Å². The number of nitrogens with two attached hydrogens (primary N) is 1. The lowest BCUT2D eigenvalue weighted by Crippen LogP contribution is -2.41. The average Bonchev–Trinajstić information content (AvgIpc) is 3.20. The molecule has 1 atom stereocenters. The molecule has 1 aliphatic rings. The first-order chi connectivity index (χ1) is 14.5. The van der Waals surface area contributed by atoms with Crippen molar-refractivity contribution in [2.24, 2.45) is 10.7 Å². The molecule has 2 heterocycles. The number of amides is 1. The van der Waals surface area contributed by atoms with E-state index in [1.165, 1.54) is 29.4 Å². The number of halogens is 1. The van der Waals surface area contributed by atoms with Crippen molar-refractivity contribution in [2.45, 2.75) is 12.7 Å². The number of rotatable bonds is 4. The fraction of sp³-hybridized carbons (Fsp3) is 0.136. The van der Waals surface area contributed by atoms with E-state index in [1.807, 2.05) is 0 Å². The first kappa shape index (κ1) is 19.9. The van der Waals surface area contributed by atoms with Crippen molar-refractivity contribution < 1.29 is 18.7 Å². The molecule has 0 spiro atoms. The highest BCUT2D eigenvalue weighted by atomic mass is 32.1. The van der Waals surface area contributed by atoms with Crippen LogP contribution in [0.3, 0.4) is 0 Å². The van der Waals surface area contributed by atoms with Gasteiger partial charge in [-0.1, -0.05) is 30.3 Å². The maximum absolute atomic E-state index is 14.5. The molecule has 0 saturated carbocycles. The molecule has 0 fully saturated rings. The number of benzene rings is 2. The van der Waals surface area contributed by atoms with Crippen molar-refractivity contribution >= 4 is 34.6 Å². The average molecular weight is 423 g/mol. The number of anilines is 1. The molecule has 0 radical (unpaired) electrons. The number of methoxy groups -OCH3 is 1. The minimum absolute atomic E-state index is 0.200. The molecule has 2 N–H and O–H groups in total. The van der Waals surface area contributed by atoms with Crippen LogP contribution in [-0.2, 0) is 16.1 Å². The Kier molecular flexibility index (Phi) is 5.43. The Morgan fingerprint density at radius 3 is 2.57 bits per heavy atom. The van der Waals surface area contributed by atoms with E-state index in [4.69, 9.17) is 10.5 Å². The molecule has 152 valence electrons. The topological polar surface area (TPSA) is 85.0 Å². The number of nitrogens with zero attached hydrogens (tertiary/aromatic N) is 2. The van der Waals surface area contributed by atoms with E-state index in [1.54, 1.807) is 54.6 Å². The van der Waals surface area contributed by atoms with Crippen LogP contribution < -0.4 is 10.6 Å². The Balaban J connectivity index is 1.78. The van der Waals surface area contributed by atoms with Crippen LogP contribution in [0.2, 0.25) is 0 Å². The molecular weight excluding hydrogens is 405 g/mol. The largest absolute Gasteiger partial charge is 0.465 e. The van der Waals surface area contributed by atoms with Crippen LogP contribution in [0.15, 0.2) is 65.7 Å². The van der Waals surface area contributed by atoms with Gasteiger partial charge in [0.15, 0.2) is 6.17 Å². The third kappa shape index (κ3) is 3.62. The number of para-hydroxylation sites is 1. The molecule has 1 aliphatic heterocycles. The van der Waals surface area contributed by atoms with Gasteiger partial charge in [-0.05, 0) is 30.3 Å². The van der Waals surface area contributed by atoms with E-state index in [0.29, 0.717) is 21.8 Å². The molecule has 0 bridgehead atoms. The second-order valence-electron chi connectivity index (χ2n) is 6.60. The lowest BCUT2D eigenvalue weighted by molar-refractivity contribution is -0.119. The predicted octanol–water partition coefficient (Wildman–Crippen LogP) is 3.34. The number of carbonyl (C=O) groups is 2. The molecule has 6 nitrogen and oxygen atoms in total. The summed E-state index contributed by atoms with van der Waals surface area (Å²) >= 11 is 1.24. The summed E-state index contributed by atoms with van der Waals surface area (Å²) in [5, 5.41) is 0. The van der Waals surface area contributed by atoms with Gasteiger partial charge in [0.05, 0.1) is 25.1 Å². The zero-order valence-electron chi connectivity index (χ0n) is 16.0. The van der Waals surface area contributed by atoms with Crippen molar-refractivity contribution in [3.8, 4) is 0 Å². The number of esters is 1. The van der Waals surface area contributed by atoms with Gasteiger partial charge >= 0.3 is 5.97 Å². The molecule has 1 aromatic heterocycles. The summed E-state index contributed by atoms with van der Waals surface area (Å²) in [6.07, 6.45) is -1.19. The summed E-state index contributed by atoms with van der Waals surface area (Å²) in [6.45, 7) is 0.200. The van der Waals surface area contributed by atoms with Crippen molar-refractivity contribution in [1.29, 1.82) is 0 Å². The minimum atomic E-state index is -1.19. The van der Waals surface area contributed by atoms with Gasteiger partial charge in [-0.3, -0.25) is 9.79 Å². The van der Waals surface area contributed by atoms with Crippen LogP contribution in [-0.4, -0.2) is 30.9 Å². The van der Waals surface area contributed by atoms with E-state index >= 15 is 0 Å². The number of fused-ring (bicyclic) bond motifs is 1. The van der Waals surface area contributed by atoms with Crippen molar-refractivity contribution in [2.75, 3.05) is 12.0 Å². The lowest BCUT2D eigenvalue weighted by atomic mass is 9.99. The standard InChI is InChI=1S/C22H18FN3O3S/c1-29-22(28)18-11-10-13(30-18)12-26-17-9-5-3-7-15(17)19(25-20(24)21(26)27)14-6-2-4-8-16(14)23/h2-11,20H,12,24H2,1H3/t20-/m0/s1.